The predicted molar refractivity (Wildman–Crippen MR) is 50.4 cm³/mol. The fraction of sp³-hybridized carbons (Fsp3) is 0.800. The van der Waals surface area contributed by atoms with E-state index in [0.717, 1.165) is 6.42 Å². The summed E-state index contributed by atoms with van der Waals surface area (Å²) < 4.78 is 0. The van der Waals surface area contributed by atoms with Crippen molar-refractivity contribution < 1.29 is 0 Å². The summed E-state index contributed by atoms with van der Waals surface area (Å²) in [6.45, 7) is 8.52. The topological polar surface area (TPSA) is 12.0 Å². The maximum absolute atomic E-state index is 3.20. The molecule has 0 spiro atoms. The van der Waals surface area contributed by atoms with Crippen molar-refractivity contribution in [2.75, 3.05) is 7.05 Å². The largest absolute Gasteiger partial charge is 0.316 e. The molecular formula is C10H19N. The summed E-state index contributed by atoms with van der Waals surface area (Å²) in [5.41, 5.74) is 0.146. The van der Waals surface area contributed by atoms with E-state index in [2.05, 4.69) is 44.9 Å². The van der Waals surface area contributed by atoms with Gasteiger partial charge in [0.15, 0.2) is 0 Å². The molecule has 64 valence electrons. The third kappa shape index (κ3) is 7.42. The van der Waals surface area contributed by atoms with Crippen molar-refractivity contribution in [1.29, 1.82) is 0 Å². The first kappa shape index (κ1) is 10.5. The lowest BCUT2D eigenvalue weighted by molar-refractivity contribution is 0.567. The molecule has 0 aliphatic carbocycles. The van der Waals surface area contributed by atoms with E-state index in [0.29, 0.717) is 6.04 Å². The van der Waals surface area contributed by atoms with Crippen LogP contribution in [0.3, 0.4) is 0 Å². The molecule has 0 aliphatic heterocycles. The molecule has 0 saturated heterocycles. The fourth-order valence-corrected chi connectivity index (χ4v) is 0.571. The summed E-state index contributed by atoms with van der Waals surface area (Å²) in [7, 11) is 1.96. The van der Waals surface area contributed by atoms with Crippen LogP contribution in [-0.2, 0) is 0 Å². The second-order valence-electron chi connectivity index (χ2n) is 3.95. The highest BCUT2D eigenvalue weighted by Crippen LogP contribution is 2.09. The van der Waals surface area contributed by atoms with Gasteiger partial charge in [-0.25, -0.2) is 0 Å². The summed E-state index contributed by atoms with van der Waals surface area (Å²) in [5, 5.41) is 3.15. The molecule has 1 heteroatoms. The summed E-state index contributed by atoms with van der Waals surface area (Å²) in [6.07, 6.45) is 0.938. The first-order chi connectivity index (χ1) is 4.95. The quantitative estimate of drug-likeness (QED) is 0.599. The first-order valence-electron chi connectivity index (χ1n) is 4.13. The molecule has 1 nitrogen and oxygen atoms in total. The normalized spacial score (nSPS) is 13.5. The minimum atomic E-state index is 0.146. The van der Waals surface area contributed by atoms with E-state index in [1.165, 1.54) is 0 Å². The molecule has 0 aliphatic rings. The van der Waals surface area contributed by atoms with Gasteiger partial charge in [-0.2, -0.15) is 0 Å². The van der Waals surface area contributed by atoms with Gasteiger partial charge in [0.2, 0.25) is 0 Å². The fourth-order valence-electron chi connectivity index (χ4n) is 0.571. The Morgan fingerprint density at radius 1 is 1.36 bits per heavy atom. The maximum atomic E-state index is 3.20. The highest BCUT2D eigenvalue weighted by molar-refractivity contribution is 5.08. The van der Waals surface area contributed by atoms with Crippen LogP contribution in [0, 0.1) is 17.3 Å². The molecule has 0 radical (unpaired) electrons. The van der Waals surface area contributed by atoms with E-state index in [-0.39, 0.29) is 5.41 Å². The second-order valence-corrected chi connectivity index (χ2v) is 3.95. The van der Waals surface area contributed by atoms with Gasteiger partial charge in [0.05, 0.1) is 0 Å². The lowest BCUT2D eigenvalue weighted by Crippen LogP contribution is -2.20. The zero-order valence-electron chi connectivity index (χ0n) is 8.28. The number of nitrogens with one attached hydrogen (secondary N) is 1. The molecule has 0 saturated carbocycles. The summed E-state index contributed by atoms with van der Waals surface area (Å²) in [6, 6.07) is 0.504. The van der Waals surface area contributed by atoms with Crippen LogP contribution in [0.15, 0.2) is 0 Å². The van der Waals surface area contributed by atoms with E-state index in [9.17, 15) is 0 Å². The van der Waals surface area contributed by atoms with Crippen LogP contribution in [0.1, 0.15) is 34.1 Å². The van der Waals surface area contributed by atoms with Gasteiger partial charge in [0.25, 0.3) is 0 Å². The van der Waals surface area contributed by atoms with Gasteiger partial charge in [-0.15, -0.1) is 5.92 Å². The van der Waals surface area contributed by atoms with Gasteiger partial charge in [-0.3, -0.25) is 0 Å². The molecule has 1 atom stereocenters. The van der Waals surface area contributed by atoms with Crippen LogP contribution in [0.2, 0.25) is 0 Å². The maximum Gasteiger partial charge on any atom is 0.0240 e. The molecule has 0 amide bonds. The molecule has 11 heavy (non-hydrogen) atoms. The Labute approximate surface area is 70.6 Å². The van der Waals surface area contributed by atoms with Crippen molar-refractivity contribution in [1.82, 2.24) is 5.32 Å². The highest BCUT2D eigenvalue weighted by atomic mass is 14.8. The van der Waals surface area contributed by atoms with Crippen molar-refractivity contribution in [3.05, 3.63) is 0 Å². The van der Waals surface area contributed by atoms with E-state index in [1.807, 2.05) is 7.05 Å². The average Bonchev–Trinajstić information content (AvgIpc) is 1.85. The zero-order chi connectivity index (χ0) is 8.91. The van der Waals surface area contributed by atoms with Gasteiger partial charge in [-0.05, 0) is 34.7 Å². The van der Waals surface area contributed by atoms with Crippen LogP contribution in [0.4, 0.5) is 0 Å². The summed E-state index contributed by atoms with van der Waals surface area (Å²) in [4.78, 5) is 0. The summed E-state index contributed by atoms with van der Waals surface area (Å²) in [5.74, 6) is 6.36. The monoisotopic (exact) mass is 153 g/mol. The Bertz CT molecular complexity index is 154. The lowest BCUT2D eigenvalue weighted by Gasteiger charge is -2.08. The summed E-state index contributed by atoms with van der Waals surface area (Å²) >= 11 is 0. The van der Waals surface area contributed by atoms with Crippen molar-refractivity contribution in [2.24, 2.45) is 5.41 Å². The van der Waals surface area contributed by atoms with Crippen LogP contribution >= 0.6 is 0 Å². The molecular weight excluding hydrogens is 134 g/mol. The van der Waals surface area contributed by atoms with Crippen LogP contribution in [0.5, 0.6) is 0 Å². The van der Waals surface area contributed by atoms with Gasteiger partial charge in [-0.1, -0.05) is 5.92 Å². The van der Waals surface area contributed by atoms with Gasteiger partial charge in [0, 0.05) is 17.9 Å². The van der Waals surface area contributed by atoms with Crippen molar-refractivity contribution >= 4 is 0 Å². The number of hydrogen-bond donors (Lipinski definition) is 1. The Hall–Kier alpha value is -0.480. The molecule has 0 heterocycles. The van der Waals surface area contributed by atoms with E-state index < -0.39 is 0 Å². The van der Waals surface area contributed by atoms with Gasteiger partial charge >= 0.3 is 0 Å². The van der Waals surface area contributed by atoms with Crippen LogP contribution < -0.4 is 5.32 Å². The molecule has 0 aromatic heterocycles. The smallest absolute Gasteiger partial charge is 0.0240 e. The molecule has 0 aromatic carbocycles. The van der Waals surface area contributed by atoms with Gasteiger partial charge < -0.3 is 5.32 Å². The molecule has 0 bridgehead atoms. The first-order valence-corrected chi connectivity index (χ1v) is 4.13. The molecule has 0 aromatic rings. The number of rotatable bonds is 2. The number of hydrogen-bond acceptors (Lipinski definition) is 1. The Morgan fingerprint density at radius 3 is 2.27 bits per heavy atom. The Balaban J connectivity index is 3.73. The van der Waals surface area contributed by atoms with Crippen LogP contribution in [0.25, 0.3) is 0 Å². The lowest BCUT2D eigenvalue weighted by atomic mass is 9.97. The molecule has 1 N–H and O–H groups in total. The average molecular weight is 153 g/mol. The van der Waals surface area contributed by atoms with Crippen molar-refractivity contribution in [3.63, 3.8) is 0 Å². The standard InChI is InChI=1S/C10H19N/c1-9(11-5)7-6-8-10(2,3)4/h9,11H,7H2,1-5H3. The third-order valence-electron chi connectivity index (χ3n) is 1.36. The molecule has 0 rings (SSSR count). The van der Waals surface area contributed by atoms with Crippen molar-refractivity contribution in [3.8, 4) is 11.8 Å². The molecule has 1 unspecified atom stereocenters. The van der Waals surface area contributed by atoms with Crippen molar-refractivity contribution in [2.45, 2.75) is 40.2 Å². The van der Waals surface area contributed by atoms with Crippen LogP contribution in [-0.4, -0.2) is 13.1 Å². The second kappa shape index (κ2) is 4.41. The van der Waals surface area contributed by atoms with E-state index in [4.69, 9.17) is 0 Å². The SMILES string of the molecule is CNC(C)CC#CC(C)(C)C. The predicted octanol–water partition coefficient (Wildman–Crippen LogP) is 2.03. The molecule has 0 fully saturated rings. The minimum absolute atomic E-state index is 0.146. The minimum Gasteiger partial charge on any atom is -0.316 e. The Morgan fingerprint density at radius 2 is 1.91 bits per heavy atom. The van der Waals surface area contributed by atoms with E-state index >= 15 is 0 Å². The highest BCUT2D eigenvalue weighted by Gasteiger charge is 2.03. The third-order valence-corrected chi connectivity index (χ3v) is 1.36. The Kier molecular flexibility index (Phi) is 4.22. The van der Waals surface area contributed by atoms with E-state index in [1.54, 1.807) is 0 Å². The zero-order valence-corrected chi connectivity index (χ0v) is 8.28. The van der Waals surface area contributed by atoms with Gasteiger partial charge in [0.1, 0.15) is 0 Å².